The minimum atomic E-state index is -4.80. The molecule has 0 unspecified atom stereocenters. The highest BCUT2D eigenvalue weighted by atomic mass is 19.4. The number of hydrogen-bond donors (Lipinski definition) is 1. The second kappa shape index (κ2) is 8.55. The Bertz CT molecular complexity index is 925. The normalized spacial score (nSPS) is 12.7. The molecule has 1 N–H and O–H groups in total. The van der Waals surface area contributed by atoms with Gasteiger partial charge in [0.2, 0.25) is 6.79 Å². The van der Waals surface area contributed by atoms with Crippen molar-refractivity contribution in [3.63, 3.8) is 0 Å². The second-order valence-electron chi connectivity index (χ2n) is 5.67. The summed E-state index contributed by atoms with van der Waals surface area (Å²) in [4.78, 5) is 23.5. The van der Waals surface area contributed by atoms with Crippen molar-refractivity contribution in [3.05, 3.63) is 54.1 Å². The van der Waals surface area contributed by atoms with Crippen LogP contribution in [-0.4, -0.2) is 31.6 Å². The van der Waals surface area contributed by atoms with Crippen molar-refractivity contribution in [2.45, 2.75) is 6.36 Å². The van der Waals surface area contributed by atoms with E-state index in [4.69, 9.17) is 14.2 Å². The van der Waals surface area contributed by atoms with Gasteiger partial charge in [-0.1, -0.05) is 6.07 Å². The van der Waals surface area contributed by atoms with E-state index in [1.54, 1.807) is 18.2 Å². The lowest BCUT2D eigenvalue weighted by molar-refractivity contribution is -0.274. The summed E-state index contributed by atoms with van der Waals surface area (Å²) in [6, 6.07) is 9.64. The molecule has 10 heteroatoms. The lowest BCUT2D eigenvalue weighted by Gasteiger charge is -2.10. The lowest BCUT2D eigenvalue weighted by Crippen LogP contribution is -2.20. The number of alkyl halides is 3. The van der Waals surface area contributed by atoms with Crippen LogP contribution < -0.4 is 19.5 Å². The third-order valence-corrected chi connectivity index (χ3v) is 3.53. The Kier molecular flexibility index (Phi) is 5.91. The van der Waals surface area contributed by atoms with Crippen molar-refractivity contribution in [1.29, 1.82) is 0 Å². The van der Waals surface area contributed by atoms with Crippen molar-refractivity contribution >= 4 is 23.6 Å². The van der Waals surface area contributed by atoms with Gasteiger partial charge in [0.05, 0.1) is 0 Å². The molecular formula is C19H14F3NO6. The van der Waals surface area contributed by atoms with Gasteiger partial charge in [-0.25, -0.2) is 4.79 Å². The molecule has 0 spiro atoms. The molecule has 0 saturated carbocycles. The molecule has 1 aliphatic heterocycles. The number of ether oxygens (including phenoxy) is 4. The number of halogens is 3. The number of carbonyl (C=O) groups excluding carboxylic acids is 2. The minimum absolute atomic E-state index is 0.137. The Morgan fingerprint density at radius 1 is 1.07 bits per heavy atom. The molecule has 0 saturated heterocycles. The molecule has 0 radical (unpaired) electrons. The van der Waals surface area contributed by atoms with Crippen LogP contribution in [-0.2, 0) is 14.3 Å². The average Bonchev–Trinajstić information content (AvgIpc) is 3.13. The van der Waals surface area contributed by atoms with E-state index < -0.39 is 30.6 Å². The molecule has 3 rings (SSSR count). The van der Waals surface area contributed by atoms with Crippen molar-refractivity contribution in [1.82, 2.24) is 0 Å². The quantitative estimate of drug-likeness (QED) is 0.581. The molecule has 0 aromatic heterocycles. The first-order valence-corrected chi connectivity index (χ1v) is 8.19. The van der Waals surface area contributed by atoms with Gasteiger partial charge in [-0.15, -0.1) is 13.2 Å². The molecule has 152 valence electrons. The van der Waals surface area contributed by atoms with Crippen LogP contribution in [0, 0.1) is 0 Å². The molecule has 1 aliphatic rings. The standard InChI is InChI=1S/C19H14F3NO6/c20-19(21,22)29-14-5-3-13(4-6-14)23-17(24)10-26-18(25)8-2-12-1-7-15-16(9-12)28-11-27-15/h1-9H,10-11H2,(H,23,24)/b8-2+. The van der Waals surface area contributed by atoms with Gasteiger partial charge in [0.1, 0.15) is 5.75 Å². The first-order chi connectivity index (χ1) is 13.8. The van der Waals surface area contributed by atoms with Crippen LogP contribution >= 0.6 is 0 Å². The van der Waals surface area contributed by atoms with Crippen molar-refractivity contribution in [2.24, 2.45) is 0 Å². The molecule has 0 atom stereocenters. The number of amides is 1. The summed E-state index contributed by atoms with van der Waals surface area (Å²) in [5, 5.41) is 2.38. The van der Waals surface area contributed by atoms with E-state index in [0.717, 1.165) is 18.2 Å². The number of benzene rings is 2. The maximum atomic E-state index is 12.1. The van der Waals surface area contributed by atoms with E-state index in [-0.39, 0.29) is 12.5 Å². The Morgan fingerprint density at radius 3 is 2.52 bits per heavy atom. The molecule has 0 bridgehead atoms. The number of rotatable bonds is 6. The number of anilines is 1. The highest BCUT2D eigenvalue weighted by Crippen LogP contribution is 2.32. The van der Waals surface area contributed by atoms with E-state index >= 15 is 0 Å². The summed E-state index contributed by atoms with van der Waals surface area (Å²) in [6.07, 6.45) is -2.16. The molecular weight excluding hydrogens is 395 g/mol. The van der Waals surface area contributed by atoms with Crippen LogP contribution in [0.1, 0.15) is 5.56 Å². The van der Waals surface area contributed by atoms with Gasteiger partial charge in [-0.05, 0) is 48.0 Å². The molecule has 1 heterocycles. The number of esters is 1. The molecule has 0 aliphatic carbocycles. The smallest absolute Gasteiger partial charge is 0.454 e. The summed E-state index contributed by atoms with van der Waals surface area (Å²) < 4.78 is 55.2. The molecule has 2 aromatic carbocycles. The van der Waals surface area contributed by atoms with E-state index in [1.807, 2.05) is 0 Å². The predicted octanol–water partition coefficient (Wildman–Crippen LogP) is 3.51. The Balaban J connectivity index is 1.44. The molecule has 0 fully saturated rings. The monoisotopic (exact) mass is 409 g/mol. The van der Waals surface area contributed by atoms with Crippen molar-refractivity contribution in [3.8, 4) is 17.2 Å². The van der Waals surface area contributed by atoms with Crippen LogP contribution in [0.25, 0.3) is 6.08 Å². The van der Waals surface area contributed by atoms with Gasteiger partial charge in [0.25, 0.3) is 5.91 Å². The molecule has 1 amide bonds. The highest BCUT2D eigenvalue weighted by Gasteiger charge is 2.30. The largest absolute Gasteiger partial charge is 0.573 e. The third kappa shape index (κ3) is 6.16. The van der Waals surface area contributed by atoms with Crippen LogP contribution in [0.15, 0.2) is 48.5 Å². The molecule has 29 heavy (non-hydrogen) atoms. The summed E-state index contributed by atoms with van der Waals surface area (Å²) in [5.41, 5.74) is 0.897. The van der Waals surface area contributed by atoms with Crippen LogP contribution in [0.2, 0.25) is 0 Å². The number of fused-ring (bicyclic) bond motifs is 1. The maximum absolute atomic E-state index is 12.1. The van der Waals surface area contributed by atoms with Crippen molar-refractivity contribution < 1.29 is 41.7 Å². The zero-order valence-corrected chi connectivity index (χ0v) is 14.7. The van der Waals surface area contributed by atoms with Crippen LogP contribution in [0.3, 0.4) is 0 Å². The highest BCUT2D eigenvalue weighted by molar-refractivity contribution is 5.94. The number of carbonyl (C=O) groups is 2. The van der Waals surface area contributed by atoms with Gasteiger partial charge in [0.15, 0.2) is 18.1 Å². The van der Waals surface area contributed by atoms with Gasteiger partial charge < -0.3 is 24.3 Å². The zero-order chi connectivity index (χ0) is 20.9. The Hall–Kier alpha value is -3.69. The fourth-order valence-corrected chi connectivity index (χ4v) is 2.30. The summed E-state index contributed by atoms with van der Waals surface area (Å²) in [5.74, 6) is -0.646. The Labute approximate surface area is 162 Å². The summed E-state index contributed by atoms with van der Waals surface area (Å²) in [7, 11) is 0. The number of hydrogen-bond acceptors (Lipinski definition) is 6. The van der Waals surface area contributed by atoms with Gasteiger partial charge in [-0.3, -0.25) is 4.79 Å². The predicted molar refractivity (Wildman–Crippen MR) is 94.3 cm³/mol. The van der Waals surface area contributed by atoms with Gasteiger partial charge in [0, 0.05) is 11.8 Å². The topological polar surface area (TPSA) is 83.1 Å². The fraction of sp³-hybridized carbons (Fsp3) is 0.158. The SMILES string of the molecule is O=C(COC(=O)/C=C/c1ccc2c(c1)OCO2)Nc1ccc(OC(F)(F)F)cc1. The van der Waals surface area contributed by atoms with E-state index in [0.29, 0.717) is 17.1 Å². The maximum Gasteiger partial charge on any atom is 0.573 e. The minimum Gasteiger partial charge on any atom is -0.454 e. The van der Waals surface area contributed by atoms with Gasteiger partial charge in [-0.2, -0.15) is 0 Å². The number of nitrogens with one attached hydrogen (secondary N) is 1. The lowest BCUT2D eigenvalue weighted by atomic mass is 10.2. The van der Waals surface area contributed by atoms with Crippen molar-refractivity contribution in [2.75, 3.05) is 18.7 Å². The first-order valence-electron chi connectivity index (χ1n) is 8.19. The summed E-state index contributed by atoms with van der Waals surface area (Å²) in [6.45, 7) is -0.428. The van der Waals surface area contributed by atoms with E-state index in [1.165, 1.54) is 18.2 Å². The third-order valence-electron chi connectivity index (χ3n) is 3.53. The zero-order valence-electron chi connectivity index (χ0n) is 14.7. The second-order valence-corrected chi connectivity index (χ2v) is 5.67. The van der Waals surface area contributed by atoms with E-state index in [2.05, 4.69) is 10.1 Å². The first kappa shape index (κ1) is 20.1. The molecule has 2 aromatic rings. The summed E-state index contributed by atoms with van der Waals surface area (Å²) >= 11 is 0. The van der Waals surface area contributed by atoms with E-state index in [9.17, 15) is 22.8 Å². The van der Waals surface area contributed by atoms with Crippen LogP contribution in [0.4, 0.5) is 18.9 Å². The van der Waals surface area contributed by atoms with Crippen LogP contribution in [0.5, 0.6) is 17.2 Å². The fourth-order valence-electron chi connectivity index (χ4n) is 2.30. The molecule has 7 nitrogen and oxygen atoms in total. The Morgan fingerprint density at radius 2 is 1.79 bits per heavy atom. The average molecular weight is 409 g/mol. The van der Waals surface area contributed by atoms with Gasteiger partial charge >= 0.3 is 12.3 Å².